The summed E-state index contributed by atoms with van der Waals surface area (Å²) in [6.07, 6.45) is 11.0. The van der Waals surface area contributed by atoms with Crippen LogP contribution in [0.25, 0.3) is 0 Å². The van der Waals surface area contributed by atoms with E-state index in [0.717, 1.165) is 44.9 Å². The van der Waals surface area contributed by atoms with Gasteiger partial charge in [-0.15, -0.1) is 0 Å². The van der Waals surface area contributed by atoms with Crippen molar-refractivity contribution in [3.05, 3.63) is 60.2 Å². The van der Waals surface area contributed by atoms with E-state index >= 15 is 0 Å². The van der Waals surface area contributed by atoms with Crippen LogP contribution in [0.1, 0.15) is 55.3 Å². The number of rotatable bonds is 5. The molecule has 4 nitrogen and oxygen atoms in total. The van der Waals surface area contributed by atoms with Gasteiger partial charge in [0.05, 0.1) is 6.10 Å². The third kappa shape index (κ3) is 6.59. The number of allylic oxidation sites excluding steroid dienone is 3. The maximum atomic E-state index is 12.2. The average Bonchev–Trinajstić information content (AvgIpc) is 2.91. The van der Waals surface area contributed by atoms with Crippen molar-refractivity contribution >= 4 is 5.91 Å². The molecule has 3 rings (SSSR count). The first-order valence-corrected chi connectivity index (χ1v) is 10.7. The Morgan fingerprint density at radius 2 is 2.00 bits per heavy atom. The van der Waals surface area contributed by atoms with Crippen LogP contribution in [0, 0.1) is 29.6 Å². The van der Waals surface area contributed by atoms with E-state index in [4.69, 9.17) is 0 Å². The van der Waals surface area contributed by atoms with Crippen molar-refractivity contribution in [1.82, 2.24) is 10.9 Å². The van der Waals surface area contributed by atoms with Gasteiger partial charge < -0.3 is 5.11 Å². The van der Waals surface area contributed by atoms with E-state index in [0.29, 0.717) is 18.0 Å². The molecule has 0 saturated heterocycles. The summed E-state index contributed by atoms with van der Waals surface area (Å²) in [7, 11) is 0. The molecule has 2 aliphatic carbocycles. The number of hydrogen-bond donors (Lipinski definition) is 3. The van der Waals surface area contributed by atoms with Crippen LogP contribution >= 0.6 is 0 Å². The normalized spacial score (nSPS) is 25.7. The highest BCUT2D eigenvalue weighted by molar-refractivity contribution is 5.93. The van der Waals surface area contributed by atoms with Gasteiger partial charge in [0.2, 0.25) is 0 Å². The molecule has 0 saturated carbocycles. The molecule has 2 bridgehead atoms. The molecular weight excluding hydrogens is 360 g/mol. The van der Waals surface area contributed by atoms with Crippen LogP contribution in [0.3, 0.4) is 0 Å². The van der Waals surface area contributed by atoms with Gasteiger partial charge in [-0.3, -0.25) is 10.2 Å². The molecular formula is C25H32N2O2. The van der Waals surface area contributed by atoms with Crippen molar-refractivity contribution in [2.24, 2.45) is 17.8 Å². The molecule has 29 heavy (non-hydrogen) atoms. The maximum Gasteiger partial charge on any atom is 0.265 e. The highest BCUT2D eigenvalue weighted by atomic mass is 16.3. The molecule has 2 unspecified atom stereocenters. The second-order valence-electron chi connectivity index (χ2n) is 8.16. The van der Waals surface area contributed by atoms with E-state index in [-0.39, 0.29) is 17.7 Å². The number of fused-ring (bicyclic) bond motifs is 2. The first-order valence-electron chi connectivity index (χ1n) is 10.7. The number of amides is 1. The zero-order valence-electron chi connectivity index (χ0n) is 17.1. The van der Waals surface area contributed by atoms with Crippen molar-refractivity contribution in [2.75, 3.05) is 6.54 Å². The van der Waals surface area contributed by atoms with E-state index in [9.17, 15) is 9.90 Å². The lowest BCUT2D eigenvalue weighted by atomic mass is 9.80. The molecule has 0 heterocycles. The van der Waals surface area contributed by atoms with E-state index in [1.54, 1.807) is 12.1 Å². The molecule has 1 aromatic carbocycles. The number of carbonyl (C=O) groups is 1. The topological polar surface area (TPSA) is 61.4 Å². The van der Waals surface area contributed by atoms with Crippen molar-refractivity contribution < 1.29 is 9.90 Å². The minimum atomic E-state index is -0.572. The summed E-state index contributed by atoms with van der Waals surface area (Å²) in [4.78, 5) is 12.2. The monoisotopic (exact) mass is 392 g/mol. The molecule has 1 amide bonds. The molecule has 0 aliphatic heterocycles. The third-order valence-electron chi connectivity index (χ3n) is 5.89. The third-order valence-corrected chi connectivity index (χ3v) is 5.89. The summed E-state index contributed by atoms with van der Waals surface area (Å²) >= 11 is 0. The van der Waals surface area contributed by atoms with E-state index < -0.39 is 6.10 Å². The standard InChI is InChI=1S/C25H32N2O2/c1-19-9-5-2-3-6-10-20-13-15-22(17-19)23(16-14-20)24(28)18-26-27-25(29)21-11-7-4-8-12-21/h2,4-5,7-8,11-12,20,22-24,26,28H,1,3,6,9-10,14,16-18H2,(H,27,29)/t20?,22-,23-,24?/m0/s1. The van der Waals surface area contributed by atoms with Crippen LogP contribution in [0.15, 0.2) is 54.6 Å². The van der Waals surface area contributed by atoms with Crippen LogP contribution in [-0.2, 0) is 0 Å². The number of carbonyl (C=O) groups excluding carboxylic acids is 1. The average molecular weight is 393 g/mol. The highest BCUT2D eigenvalue weighted by Gasteiger charge is 2.30. The summed E-state index contributed by atoms with van der Waals surface area (Å²) in [5, 5.41) is 10.9. The lowest BCUT2D eigenvalue weighted by Gasteiger charge is -2.28. The number of hydrogen-bond acceptors (Lipinski definition) is 3. The molecule has 1 aromatic rings. The Labute approximate surface area is 174 Å². The number of benzene rings is 1. The minimum Gasteiger partial charge on any atom is -0.391 e. The lowest BCUT2D eigenvalue weighted by molar-refractivity contribution is 0.0713. The Kier molecular flexibility index (Phi) is 8.10. The van der Waals surface area contributed by atoms with Crippen molar-refractivity contribution in [1.29, 1.82) is 0 Å². The fraction of sp³-hybridized carbons (Fsp3) is 0.480. The number of aliphatic hydroxyl groups is 1. The Morgan fingerprint density at radius 3 is 2.83 bits per heavy atom. The van der Waals surface area contributed by atoms with E-state index in [2.05, 4.69) is 41.4 Å². The molecule has 154 valence electrons. The van der Waals surface area contributed by atoms with Crippen LogP contribution in [-0.4, -0.2) is 23.7 Å². The van der Waals surface area contributed by atoms with Crippen LogP contribution in [0.4, 0.5) is 0 Å². The largest absolute Gasteiger partial charge is 0.391 e. The van der Waals surface area contributed by atoms with Gasteiger partial charge in [0, 0.05) is 29.9 Å². The molecule has 3 N–H and O–H groups in total. The summed E-state index contributed by atoms with van der Waals surface area (Å²) in [6.45, 7) is 4.53. The Morgan fingerprint density at radius 1 is 1.17 bits per heavy atom. The van der Waals surface area contributed by atoms with Crippen LogP contribution in [0.2, 0.25) is 0 Å². The number of nitrogens with one attached hydrogen (secondary N) is 2. The summed E-state index contributed by atoms with van der Waals surface area (Å²) in [6, 6.07) is 9.05. The van der Waals surface area contributed by atoms with Gasteiger partial charge in [0.1, 0.15) is 0 Å². The maximum absolute atomic E-state index is 12.2. The summed E-state index contributed by atoms with van der Waals surface area (Å²) in [5.74, 6) is 7.37. The predicted molar refractivity (Wildman–Crippen MR) is 117 cm³/mol. The van der Waals surface area contributed by atoms with E-state index in [1.165, 1.54) is 5.57 Å². The zero-order valence-corrected chi connectivity index (χ0v) is 17.1. The lowest BCUT2D eigenvalue weighted by Crippen LogP contribution is -2.44. The van der Waals surface area contributed by atoms with Crippen molar-refractivity contribution in [3.63, 3.8) is 0 Å². The summed E-state index contributed by atoms with van der Waals surface area (Å²) < 4.78 is 0. The fourth-order valence-corrected chi connectivity index (χ4v) is 4.17. The highest BCUT2D eigenvalue weighted by Crippen LogP contribution is 2.33. The van der Waals surface area contributed by atoms with Gasteiger partial charge in [0.25, 0.3) is 5.91 Å². The summed E-state index contributed by atoms with van der Waals surface area (Å²) in [5.41, 5.74) is 7.36. The van der Waals surface area contributed by atoms with Crippen molar-refractivity contribution in [2.45, 2.75) is 51.0 Å². The second kappa shape index (κ2) is 11.0. The van der Waals surface area contributed by atoms with Gasteiger partial charge in [-0.05, 0) is 57.1 Å². The van der Waals surface area contributed by atoms with Crippen LogP contribution < -0.4 is 10.9 Å². The predicted octanol–water partition coefficient (Wildman–Crippen LogP) is 4.00. The quantitative estimate of drug-likeness (QED) is 0.403. The molecule has 2 aliphatic rings. The van der Waals surface area contributed by atoms with Gasteiger partial charge in [0.15, 0.2) is 0 Å². The molecule has 0 aromatic heterocycles. The van der Waals surface area contributed by atoms with Crippen LogP contribution in [0.5, 0.6) is 0 Å². The molecule has 0 spiro atoms. The molecule has 4 atom stereocenters. The fourth-order valence-electron chi connectivity index (χ4n) is 4.17. The smallest absolute Gasteiger partial charge is 0.265 e. The van der Waals surface area contributed by atoms with Gasteiger partial charge in [-0.25, -0.2) is 5.43 Å². The Bertz CT molecular complexity index is 775. The van der Waals surface area contributed by atoms with Crippen molar-refractivity contribution in [3.8, 4) is 11.8 Å². The number of hydrazine groups is 1. The molecule has 4 heteroatoms. The first kappa shape index (κ1) is 21.4. The molecule has 0 radical (unpaired) electrons. The SMILES string of the molecule is C=C1CC=CCCCC2C#C[C@@H](C1)[C@@H](C(O)CNNC(=O)c1ccccc1)CC2. The Hall–Kier alpha value is -2.35. The van der Waals surface area contributed by atoms with Gasteiger partial charge in [-0.2, -0.15) is 0 Å². The first-order chi connectivity index (χ1) is 14.1. The minimum absolute atomic E-state index is 0.0788. The van der Waals surface area contributed by atoms with Gasteiger partial charge in [-0.1, -0.05) is 54.3 Å². The number of aliphatic hydroxyl groups excluding tert-OH is 1. The van der Waals surface area contributed by atoms with Gasteiger partial charge >= 0.3 is 0 Å². The zero-order chi connectivity index (χ0) is 20.5. The second-order valence-corrected chi connectivity index (χ2v) is 8.16. The molecule has 0 fully saturated rings. The Balaban J connectivity index is 1.59. The van der Waals surface area contributed by atoms with E-state index in [1.807, 2.05) is 18.2 Å².